The molecule has 1 N–H and O–H groups in total. The Morgan fingerprint density at radius 1 is 1.11 bits per heavy atom. The molecule has 2 aromatic carbocycles. The minimum atomic E-state index is -3.62. The molecule has 0 radical (unpaired) electrons. The third-order valence-electron chi connectivity index (χ3n) is 5.00. The molecule has 0 bridgehead atoms. The topological polar surface area (TPSA) is 75.7 Å². The number of anilines is 1. The van der Waals surface area contributed by atoms with Gasteiger partial charge in [0.1, 0.15) is 5.75 Å². The van der Waals surface area contributed by atoms with Crippen LogP contribution in [0.1, 0.15) is 31.2 Å². The predicted octanol–water partition coefficient (Wildman–Crippen LogP) is 3.58. The van der Waals surface area contributed by atoms with Crippen LogP contribution in [0.3, 0.4) is 0 Å². The molecule has 1 aliphatic rings. The SMILES string of the molecule is COc1ccc(NC(=O)CC2CCCCN2S(=O)(=O)c2ccc(C)cc2)cc1. The van der Waals surface area contributed by atoms with Crippen LogP contribution in [-0.2, 0) is 14.8 Å². The van der Waals surface area contributed by atoms with Gasteiger partial charge in [-0.05, 0) is 56.2 Å². The van der Waals surface area contributed by atoms with Crippen molar-refractivity contribution in [1.82, 2.24) is 4.31 Å². The van der Waals surface area contributed by atoms with Crippen LogP contribution in [0.25, 0.3) is 0 Å². The Kier molecular flexibility index (Phi) is 6.36. The summed E-state index contributed by atoms with van der Waals surface area (Å²) in [5.74, 6) is 0.516. The number of hydrogen-bond donors (Lipinski definition) is 1. The minimum absolute atomic E-state index is 0.136. The molecule has 0 saturated carbocycles. The number of sulfonamides is 1. The molecule has 1 unspecified atom stereocenters. The van der Waals surface area contributed by atoms with Gasteiger partial charge >= 0.3 is 0 Å². The molecule has 0 aliphatic carbocycles. The van der Waals surface area contributed by atoms with Gasteiger partial charge in [0.2, 0.25) is 15.9 Å². The van der Waals surface area contributed by atoms with Crippen molar-refractivity contribution in [2.75, 3.05) is 19.0 Å². The summed E-state index contributed by atoms with van der Waals surface area (Å²) in [6, 6.07) is 13.6. The number of aryl methyl sites for hydroxylation is 1. The maximum atomic E-state index is 13.1. The van der Waals surface area contributed by atoms with Crippen molar-refractivity contribution >= 4 is 21.6 Å². The van der Waals surface area contributed by atoms with Gasteiger partial charge in [-0.3, -0.25) is 4.79 Å². The quantitative estimate of drug-likeness (QED) is 0.801. The summed E-state index contributed by atoms with van der Waals surface area (Å²) in [4.78, 5) is 12.8. The number of benzene rings is 2. The summed E-state index contributed by atoms with van der Waals surface area (Å²) in [7, 11) is -2.04. The minimum Gasteiger partial charge on any atom is -0.497 e. The van der Waals surface area contributed by atoms with E-state index in [2.05, 4.69) is 5.32 Å². The highest BCUT2D eigenvalue weighted by Gasteiger charge is 2.34. The molecule has 1 amide bonds. The van der Waals surface area contributed by atoms with Crippen LogP contribution >= 0.6 is 0 Å². The van der Waals surface area contributed by atoms with Gasteiger partial charge in [0.15, 0.2) is 0 Å². The van der Waals surface area contributed by atoms with Crippen LogP contribution in [0, 0.1) is 6.92 Å². The van der Waals surface area contributed by atoms with Gasteiger partial charge in [0, 0.05) is 24.7 Å². The molecule has 150 valence electrons. The zero-order valence-electron chi connectivity index (χ0n) is 16.2. The van der Waals surface area contributed by atoms with Crippen molar-refractivity contribution in [1.29, 1.82) is 0 Å². The van der Waals surface area contributed by atoms with E-state index in [-0.39, 0.29) is 23.3 Å². The van der Waals surface area contributed by atoms with Crippen LogP contribution in [0.4, 0.5) is 5.69 Å². The van der Waals surface area contributed by atoms with Crippen molar-refractivity contribution in [2.45, 2.75) is 43.5 Å². The van der Waals surface area contributed by atoms with Gasteiger partial charge < -0.3 is 10.1 Å². The van der Waals surface area contributed by atoms with Gasteiger partial charge in [-0.25, -0.2) is 8.42 Å². The molecule has 7 heteroatoms. The molecule has 28 heavy (non-hydrogen) atoms. The Balaban J connectivity index is 1.71. The van der Waals surface area contributed by atoms with Gasteiger partial charge in [-0.1, -0.05) is 24.1 Å². The van der Waals surface area contributed by atoms with E-state index in [1.807, 2.05) is 6.92 Å². The number of carbonyl (C=O) groups is 1. The molecule has 1 saturated heterocycles. The third kappa shape index (κ3) is 4.72. The number of hydrogen-bond acceptors (Lipinski definition) is 4. The number of nitrogens with zero attached hydrogens (tertiary/aromatic N) is 1. The second-order valence-electron chi connectivity index (χ2n) is 7.06. The van der Waals surface area contributed by atoms with Gasteiger partial charge in [0.05, 0.1) is 12.0 Å². The van der Waals surface area contributed by atoms with Crippen LogP contribution in [0.5, 0.6) is 5.75 Å². The predicted molar refractivity (Wildman–Crippen MR) is 109 cm³/mol. The first-order valence-electron chi connectivity index (χ1n) is 9.42. The first-order valence-corrected chi connectivity index (χ1v) is 10.9. The molecular formula is C21H26N2O4S. The van der Waals surface area contributed by atoms with E-state index in [1.54, 1.807) is 55.6 Å². The lowest BCUT2D eigenvalue weighted by molar-refractivity contribution is -0.117. The Bertz CT molecular complexity index is 908. The van der Waals surface area contributed by atoms with E-state index in [0.717, 1.165) is 18.4 Å². The lowest BCUT2D eigenvalue weighted by Crippen LogP contribution is -2.45. The highest BCUT2D eigenvalue weighted by Crippen LogP contribution is 2.27. The summed E-state index contributed by atoms with van der Waals surface area (Å²) in [6.07, 6.45) is 2.54. The molecule has 1 fully saturated rings. The average molecular weight is 403 g/mol. The Labute approximate surface area is 166 Å². The fraction of sp³-hybridized carbons (Fsp3) is 0.381. The fourth-order valence-corrected chi connectivity index (χ4v) is 5.13. The Morgan fingerprint density at radius 3 is 2.43 bits per heavy atom. The van der Waals surface area contributed by atoms with Crippen molar-refractivity contribution in [3.05, 3.63) is 54.1 Å². The third-order valence-corrected chi connectivity index (χ3v) is 6.96. The molecule has 1 atom stereocenters. The molecule has 0 spiro atoms. The van der Waals surface area contributed by atoms with Gasteiger partial charge in [0.25, 0.3) is 0 Å². The highest BCUT2D eigenvalue weighted by molar-refractivity contribution is 7.89. The average Bonchev–Trinajstić information content (AvgIpc) is 2.69. The molecular weight excluding hydrogens is 376 g/mol. The van der Waals surface area contributed by atoms with Crippen molar-refractivity contribution in [3.8, 4) is 5.75 Å². The van der Waals surface area contributed by atoms with Gasteiger partial charge in [-0.2, -0.15) is 4.31 Å². The second kappa shape index (κ2) is 8.75. The first kappa shape index (κ1) is 20.4. The smallest absolute Gasteiger partial charge is 0.243 e. The molecule has 1 aliphatic heterocycles. The number of rotatable bonds is 6. The van der Waals surface area contributed by atoms with E-state index < -0.39 is 10.0 Å². The second-order valence-corrected chi connectivity index (χ2v) is 8.95. The zero-order valence-corrected chi connectivity index (χ0v) is 17.0. The maximum Gasteiger partial charge on any atom is 0.243 e. The molecule has 1 heterocycles. The Morgan fingerprint density at radius 2 is 1.79 bits per heavy atom. The maximum absolute atomic E-state index is 13.1. The van der Waals surface area contributed by atoms with Crippen molar-refractivity contribution < 1.29 is 17.9 Å². The number of ether oxygens (including phenoxy) is 1. The molecule has 2 aromatic rings. The fourth-order valence-electron chi connectivity index (χ4n) is 3.44. The Hall–Kier alpha value is -2.38. The first-order chi connectivity index (χ1) is 13.4. The van der Waals surface area contributed by atoms with E-state index in [9.17, 15) is 13.2 Å². The number of methoxy groups -OCH3 is 1. The van der Waals surface area contributed by atoms with Crippen molar-refractivity contribution in [2.24, 2.45) is 0 Å². The van der Waals surface area contributed by atoms with Crippen LogP contribution in [0.15, 0.2) is 53.4 Å². The monoisotopic (exact) mass is 402 g/mol. The van der Waals surface area contributed by atoms with Gasteiger partial charge in [-0.15, -0.1) is 0 Å². The number of carbonyl (C=O) groups excluding carboxylic acids is 1. The van der Waals surface area contributed by atoms with Crippen molar-refractivity contribution in [3.63, 3.8) is 0 Å². The normalized spacial score (nSPS) is 17.9. The van der Waals surface area contributed by atoms with E-state index in [0.29, 0.717) is 24.4 Å². The summed E-state index contributed by atoms with van der Waals surface area (Å²) >= 11 is 0. The number of nitrogens with one attached hydrogen (secondary N) is 1. The summed E-state index contributed by atoms with van der Waals surface area (Å²) in [5, 5.41) is 2.84. The standard InChI is InChI=1S/C21H26N2O4S/c1-16-6-12-20(13-7-16)28(25,26)23-14-4-3-5-18(23)15-21(24)22-17-8-10-19(27-2)11-9-17/h6-13,18H,3-5,14-15H2,1-2H3,(H,22,24). The summed E-state index contributed by atoms with van der Waals surface area (Å²) < 4.78 is 32.8. The largest absolute Gasteiger partial charge is 0.497 e. The lowest BCUT2D eigenvalue weighted by Gasteiger charge is -2.34. The van der Waals surface area contributed by atoms with E-state index in [4.69, 9.17) is 4.74 Å². The number of piperidine rings is 1. The van der Waals surface area contributed by atoms with Crippen LogP contribution < -0.4 is 10.1 Å². The molecule has 6 nitrogen and oxygen atoms in total. The van der Waals surface area contributed by atoms with E-state index in [1.165, 1.54) is 4.31 Å². The van der Waals surface area contributed by atoms with E-state index >= 15 is 0 Å². The zero-order chi connectivity index (χ0) is 20.1. The van der Waals surface area contributed by atoms with Crippen LogP contribution in [-0.4, -0.2) is 38.3 Å². The molecule has 3 rings (SSSR count). The highest BCUT2D eigenvalue weighted by atomic mass is 32.2. The number of amides is 1. The van der Waals surface area contributed by atoms with Crippen LogP contribution in [0.2, 0.25) is 0 Å². The summed E-state index contributed by atoms with van der Waals surface area (Å²) in [6.45, 7) is 2.36. The molecule has 0 aromatic heterocycles. The lowest BCUT2D eigenvalue weighted by atomic mass is 10.0. The summed E-state index contributed by atoms with van der Waals surface area (Å²) in [5.41, 5.74) is 1.67.